The number of hydrogen-bond acceptors (Lipinski definition) is 1. The molecule has 1 aliphatic rings. The molecule has 0 heterocycles. The summed E-state index contributed by atoms with van der Waals surface area (Å²) in [5, 5.41) is 10.0. The summed E-state index contributed by atoms with van der Waals surface area (Å²) < 4.78 is 0. The van der Waals surface area contributed by atoms with Gasteiger partial charge in [-0.25, -0.2) is 0 Å². The molecular formula is C13H14ClN. The fourth-order valence-corrected chi connectivity index (χ4v) is 2.49. The number of halogens is 1. The summed E-state index contributed by atoms with van der Waals surface area (Å²) in [6.45, 7) is 2.13. The van der Waals surface area contributed by atoms with Crippen molar-refractivity contribution in [2.45, 2.75) is 32.1 Å². The lowest BCUT2D eigenvalue weighted by molar-refractivity contribution is 0.175. The van der Waals surface area contributed by atoms with E-state index in [1.807, 2.05) is 18.2 Å². The van der Waals surface area contributed by atoms with Crippen LogP contribution in [0.4, 0.5) is 0 Å². The van der Waals surface area contributed by atoms with Gasteiger partial charge in [-0.15, -0.1) is 0 Å². The fraction of sp³-hybridized carbons (Fsp3) is 0.462. The first kappa shape index (κ1) is 10.5. The minimum atomic E-state index is -0.134. The van der Waals surface area contributed by atoms with Gasteiger partial charge < -0.3 is 0 Å². The third-order valence-corrected chi connectivity index (χ3v) is 3.88. The van der Waals surface area contributed by atoms with Crippen molar-refractivity contribution in [3.8, 4) is 6.07 Å². The zero-order valence-electron chi connectivity index (χ0n) is 8.83. The van der Waals surface area contributed by atoms with Crippen molar-refractivity contribution < 1.29 is 0 Å². The average molecular weight is 220 g/mol. The van der Waals surface area contributed by atoms with Crippen LogP contribution in [0.1, 0.15) is 37.7 Å². The molecule has 2 heteroatoms. The van der Waals surface area contributed by atoms with Crippen molar-refractivity contribution in [1.82, 2.24) is 0 Å². The van der Waals surface area contributed by atoms with Gasteiger partial charge >= 0.3 is 0 Å². The van der Waals surface area contributed by atoms with Crippen LogP contribution in [0, 0.1) is 16.7 Å². The molecule has 1 fully saturated rings. The number of nitrogens with zero attached hydrogens (tertiary/aromatic N) is 1. The lowest BCUT2D eigenvalue weighted by atomic mass is 9.61. The summed E-state index contributed by atoms with van der Waals surface area (Å²) in [5.41, 5.74) is 1.05. The molecule has 0 aliphatic heterocycles. The van der Waals surface area contributed by atoms with Gasteiger partial charge in [0, 0.05) is 5.02 Å². The Labute approximate surface area is 95.7 Å². The van der Waals surface area contributed by atoms with Crippen LogP contribution in [0.2, 0.25) is 5.02 Å². The van der Waals surface area contributed by atoms with E-state index < -0.39 is 0 Å². The molecule has 2 rings (SSSR count). The van der Waals surface area contributed by atoms with E-state index in [1.165, 1.54) is 12.0 Å². The maximum absolute atomic E-state index is 9.25. The van der Waals surface area contributed by atoms with Crippen LogP contribution in [0.3, 0.4) is 0 Å². The molecule has 1 aromatic carbocycles. The summed E-state index contributed by atoms with van der Waals surface area (Å²) in [5.74, 6) is 0.287. The van der Waals surface area contributed by atoms with Gasteiger partial charge in [-0.3, -0.25) is 0 Å². The maximum Gasteiger partial charge on any atom is 0.0696 e. The summed E-state index contributed by atoms with van der Waals surface area (Å²) in [6.07, 6.45) is 3.23. The van der Waals surface area contributed by atoms with Gasteiger partial charge in [-0.2, -0.15) is 5.26 Å². The largest absolute Gasteiger partial charge is 0.198 e. The van der Waals surface area contributed by atoms with E-state index in [0.29, 0.717) is 0 Å². The Morgan fingerprint density at radius 2 is 2.20 bits per heavy atom. The summed E-state index contributed by atoms with van der Waals surface area (Å²) in [7, 11) is 0. The molecule has 1 saturated carbocycles. The van der Waals surface area contributed by atoms with Crippen LogP contribution in [-0.2, 0) is 0 Å². The Balaban J connectivity index is 2.28. The molecule has 15 heavy (non-hydrogen) atoms. The third-order valence-electron chi connectivity index (χ3n) is 3.65. The summed E-state index contributed by atoms with van der Waals surface area (Å²) >= 11 is 5.96. The Morgan fingerprint density at radius 1 is 1.47 bits per heavy atom. The molecular weight excluding hydrogens is 206 g/mol. The highest BCUT2D eigenvalue weighted by Crippen LogP contribution is 2.50. The zero-order chi connectivity index (χ0) is 10.9. The predicted octanol–water partition coefficient (Wildman–Crippen LogP) is 4.14. The van der Waals surface area contributed by atoms with Gasteiger partial charge in [-0.05, 0) is 36.5 Å². The molecule has 0 aromatic heterocycles. The Kier molecular flexibility index (Phi) is 2.71. The second kappa shape index (κ2) is 3.87. The molecule has 1 aromatic rings. The van der Waals surface area contributed by atoms with Crippen LogP contribution >= 0.6 is 11.6 Å². The van der Waals surface area contributed by atoms with Crippen LogP contribution < -0.4 is 0 Å². The highest BCUT2D eigenvalue weighted by atomic mass is 35.5. The maximum atomic E-state index is 9.25. The molecule has 0 N–H and O–H groups in total. The van der Waals surface area contributed by atoms with E-state index in [0.717, 1.165) is 17.9 Å². The smallest absolute Gasteiger partial charge is 0.0696 e. The van der Waals surface area contributed by atoms with Gasteiger partial charge in [0.1, 0.15) is 0 Å². The van der Waals surface area contributed by atoms with Gasteiger partial charge in [0.05, 0.1) is 11.5 Å². The fourth-order valence-electron chi connectivity index (χ4n) is 2.29. The van der Waals surface area contributed by atoms with Crippen molar-refractivity contribution in [2.75, 3.05) is 0 Å². The van der Waals surface area contributed by atoms with Crippen molar-refractivity contribution in [2.24, 2.45) is 5.41 Å². The molecule has 0 saturated heterocycles. The lowest BCUT2D eigenvalue weighted by Gasteiger charge is -2.40. The first-order valence-electron chi connectivity index (χ1n) is 5.35. The molecule has 78 valence electrons. The number of nitriles is 1. The van der Waals surface area contributed by atoms with Crippen LogP contribution in [0.25, 0.3) is 0 Å². The highest BCUT2D eigenvalue weighted by molar-refractivity contribution is 6.30. The second-order valence-electron chi connectivity index (χ2n) is 4.40. The topological polar surface area (TPSA) is 23.8 Å². The van der Waals surface area contributed by atoms with Crippen molar-refractivity contribution in [3.05, 3.63) is 34.9 Å². The molecule has 0 amide bonds. The number of rotatable bonds is 2. The van der Waals surface area contributed by atoms with E-state index in [4.69, 9.17) is 11.6 Å². The number of hydrogen-bond donors (Lipinski definition) is 0. The summed E-state index contributed by atoms with van der Waals surface area (Å²) in [4.78, 5) is 0. The van der Waals surface area contributed by atoms with E-state index in [1.54, 1.807) is 0 Å². The first-order chi connectivity index (χ1) is 7.18. The quantitative estimate of drug-likeness (QED) is 0.734. The molecule has 1 nitrogen and oxygen atoms in total. The normalized spacial score (nSPS) is 20.1. The van der Waals surface area contributed by atoms with E-state index in [2.05, 4.69) is 19.1 Å². The molecule has 0 radical (unpaired) electrons. The van der Waals surface area contributed by atoms with Crippen LogP contribution in [0.15, 0.2) is 24.3 Å². The Hall–Kier alpha value is -1.00. The van der Waals surface area contributed by atoms with Crippen molar-refractivity contribution in [3.63, 3.8) is 0 Å². The molecule has 0 bridgehead atoms. The standard InChI is InChI=1S/C13H14ClN/c1-10(13(9-15)6-3-7-13)11-4-2-5-12(14)8-11/h2,4-5,8,10H,3,6-7H2,1H3. The van der Waals surface area contributed by atoms with Crippen LogP contribution in [0.5, 0.6) is 0 Å². The highest BCUT2D eigenvalue weighted by Gasteiger charge is 2.42. The summed E-state index contributed by atoms with van der Waals surface area (Å²) in [6, 6.07) is 10.4. The zero-order valence-corrected chi connectivity index (χ0v) is 9.59. The lowest BCUT2D eigenvalue weighted by Crippen LogP contribution is -2.33. The molecule has 1 atom stereocenters. The minimum Gasteiger partial charge on any atom is -0.198 e. The monoisotopic (exact) mass is 219 g/mol. The van der Waals surface area contributed by atoms with E-state index in [9.17, 15) is 5.26 Å². The molecule has 1 aliphatic carbocycles. The third kappa shape index (κ3) is 1.75. The second-order valence-corrected chi connectivity index (χ2v) is 4.83. The van der Waals surface area contributed by atoms with Gasteiger partial charge in [0.25, 0.3) is 0 Å². The Morgan fingerprint density at radius 3 is 2.67 bits per heavy atom. The molecule has 1 unspecified atom stereocenters. The Bertz CT molecular complexity index is 401. The average Bonchev–Trinajstić information content (AvgIpc) is 2.17. The van der Waals surface area contributed by atoms with E-state index >= 15 is 0 Å². The minimum absolute atomic E-state index is 0.134. The molecule has 0 spiro atoms. The SMILES string of the molecule is CC(c1cccc(Cl)c1)C1(C#N)CCC1. The van der Waals surface area contributed by atoms with Gasteiger partial charge in [0.2, 0.25) is 0 Å². The predicted molar refractivity (Wildman–Crippen MR) is 61.8 cm³/mol. The van der Waals surface area contributed by atoms with Crippen molar-refractivity contribution in [1.29, 1.82) is 5.26 Å². The first-order valence-corrected chi connectivity index (χ1v) is 5.72. The van der Waals surface area contributed by atoms with Crippen LogP contribution in [-0.4, -0.2) is 0 Å². The van der Waals surface area contributed by atoms with Gasteiger partial charge in [-0.1, -0.05) is 37.1 Å². The van der Waals surface area contributed by atoms with Gasteiger partial charge in [0.15, 0.2) is 0 Å². The van der Waals surface area contributed by atoms with E-state index in [-0.39, 0.29) is 11.3 Å². The van der Waals surface area contributed by atoms with Crippen molar-refractivity contribution >= 4 is 11.6 Å². The number of benzene rings is 1.